The summed E-state index contributed by atoms with van der Waals surface area (Å²) in [7, 11) is 0. The summed E-state index contributed by atoms with van der Waals surface area (Å²) in [4.78, 5) is 22.1. The highest BCUT2D eigenvalue weighted by Crippen LogP contribution is 2.43. The Morgan fingerprint density at radius 2 is 1.30 bits per heavy atom. The molecule has 1 amide bonds. The van der Waals surface area contributed by atoms with E-state index in [1.165, 1.54) is 11.1 Å². The number of amides is 1. The zero-order valence-corrected chi connectivity index (χ0v) is 28.0. The molecule has 0 fully saturated rings. The van der Waals surface area contributed by atoms with Gasteiger partial charge in [0.1, 0.15) is 23.4 Å². The predicted octanol–water partition coefficient (Wildman–Crippen LogP) is 8.61. The van der Waals surface area contributed by atoms with Crippen molar-refractivity contribution in [2.45, 2.75) is 10.4 Å². The summed E-state index contributed by atoms with van der Waals surface area (Å²) in [6, 6.07) is 50.0. The Balaban J connectivity index is 1.39. The van der Waals surface area contributed by atoms with Gasteiger partial charge in [0, 0.05) is 28.4 Å². The molecule has 2 N–H and O–H groups in total. The van der Waals surface area contributed by atoms with Crippen molar-refractivity contribution in [2.24, 2.45) is 5.73 Å². The van der Waals surface area contributed by atoms with Crippen LogP contribution in [-0.4, -0.2) is 36.5 Å². The fourth-order valence-electron chi connectivity index (χ4n) is 6.69. The molecule has 242 valence electrons. The van der Waals surface area contributed by atoms with Gasteiger partial charge in [-0.1, -0.05) is 109 Å². The van der Waals surface area contributed by atoms with Gasteiger partial charge in [-0.25, -0.2) is 9.97 Å². The number of fused-ring (bicyclic) bond motifs is 1. The molecular weight excluding hydrogens is 637 g/mol. The molecule has 0 saturated carbocycles. The summed E-state index contributed by atoms with van der Waals surface area (Å²) in [5.41, 5.74) is 13.8. The molecule has 5 aromatic carbocycles. The summed E-state index contributed by atoms with van der Waals surface area (Å²) >= 11 is 1.71. The number of hydrogen-bond acceptors (Lipinski definition) is 5. The van der Waals surface area contributed by atoms with Crippen molar-refractivity contribution in [3.05, 3.63) is 187 Å². The van der Waals surface area contributed by atoms with Crippen LogP contribution in [0.3, 0.4) is 0 Å². The second kappa shape index (κ2) is 13.0. The number of aromatic nitrogens is 5. The van der Waals surface area contributed by atoms with E-state index in [4.69, 9.17) is 10.8 Å². The molecule has 0 bridgehead atoms. The minimum Gasteiger partial charge on any atom is -0.366 e. The van der Waals surface area contributed by atoms with Crippen molar-refractivity contribution >= 4 is 28.7 Å². The second-order valence-corrected chi connectivity index (χ2v) is 12.8. The molecule has 3 aromatic heterocycles. The highest BCUT2D eigenvalue weighted by Gasteiger charge is 2.40. The number of hydrogen-bond donors (Lipinski definition) is 1. The first-order valence-corrected chi connectivity index (χ1v) is 17.4. The molecule has 8 rings (SSSR count). The highest BCUT2D eigenvalue weighted by molar-refractivity contribution is 7.98. The number of thioether (sulfide) groups is 1. The lowest BCUT2D eigenvalue weighted by Crippen LogP contribution is -2.38. The Morgan fingerprint density at radius 3 is 1.84 bits per heavy atom. The number of nitrogens with zero attached hydrogens (tertiary/aromatic N) is 5. The number of imidazole rings is 1. The molecule has 0 unspecified atom stereocenters. The van der Waals surface area contributed by atoms with Crippen molar-refractivity contribution in [1.82, 2.24) is 24.3 Å². The van der Waals surface area contributed by atoms with Gasteiger partial charge in [0.15, 0.2) is 0 Å². The lowest BCUT2D eigenvalue weighted by molar-refractivity contribution is 0.1000. The lowest BCUT2D eigenvalue weighted by atomic mass is 9.77. The van der Waals surface area contributed by atoms with E-state index in [2.05, 4.69) is 136 Å². The van der Waals surface area contributed by atoms with E-state index in [1.54, 1.807) is 30.2 Å². The third-order valence-corrected chi connectivity index (χ3v) is 9.88. The molecular formula is C42H32N6OS. The highest BCUT2D eigenvalue weighted by atomic mass is 32.2. The lowest BCUT2D eigenvalue weighted by Gasteiger charge is -2.36. The first-order valence-electron chi connectivity index (χ1n) is 16.2. The van der Waals surface area contributed by atoms with Gasteiger partial charge in [0.25, 0.3) is 0 Å². The van der Waals surface area contributed by atoms with E-state index in [-0.39, 0.29) is 0 Å². The zero-order valence-electron chi connectivity index (χ0n) is 27.2. The SMILES string of the molecule is CSc1ccc(-c2nn(C(c3ccccc3)(c3ccccc3)c3ccccc3)cc2-c2ccc3ncn(-c4ccc(C(N)=O)cn4)c3c2)cc1. The van der Waals surface area contributed by atoms with E-state index in [0.29, 0.717) is 11.4 Å². The van der Waals surface area contributed by atoms with Crippen LogP contribution < -0.4 is 5.73 Å². The van der Waals surface area contributed by atoms with Crippen LogP contribution in [0.4, 0.5) is 0 Å². The molecule has 7 nitrogen and oxygen atoms in total. The minimum atomic E-state index is -0.784. The Morgan fingerprint density at radius 1 is 0.700 bits per heavy atom. The van der Waals surface area contributed by atoms with Gasteiger partial charge < -0.3 is 5.73 Å². The smallest absolute Gasteiger partial charge is 0.250 e. The molecule has 3 heterocycles. The maximum Gasteiger partial charge on any atom is 0.250 e. The predicted molar refractivity (Wildman–Crippen MR) is 200 cm³/mol. The average molecular weight is 669 g/mol. The first kappa shape index (κ1) is 31.0. The van der Waals surface area contributed by atoms with Gasteiger partial charge in [-0.3, -0.25) is 14.0 Å². The van der Waals surface area contributed by atoms with Gasteiger partial charge in [0.2, 0.25) is 5.91 Å². The standard InChI is InChI=1S/C42H32N6OS/c1-50-35-21-17-29(18-22-35)40-36(30-19-23-37-38(25-30)47(28-45-37)39-24-20-31(26-44-39)41(43)49)27-48(46-40)42(32-11-5-2-6-12-32,33-13-7-3-8-14-33)34-15-9-4-10-16-34/h2-28H,1H3,(H2,43,49). The number of carbonyl (C=O) groups is 1. The quantitative estimate of drug-likeness (QED) is 0.123. The molecule has 0 aliphatic heterocycles. The van der Waals surface area contributed by atoms with Crippen molar-refractivity contribution < 1.29 is 4.79 Å². The topological polar surface area (TPSA) is 91.6 Å². The summed E-state index contributed by atoms with van der Waals surface area (Å²) in [5.74, 6) is 0.115. The monoisotopic (exact) mass is 668 g/mol. The first-order chi connectivity index (χ1) is 24.6. The minimum absolute atomic E-state index is 0.349. The van der Waals surface area contributed by atoms with Gasteiger partial charge in [-0.2, -0.15) is 5.10 Å². The third kappa shape index (κ3) is 5.36. The van der Waals surface area contributed by atoms with Crippen LogP contribution >= 0.6 is 11.8 Å². The van der Waals surface area contributed by atoms with Crippen LogP contribution in [0, 0.1) is 0 Å². The number of primary amides is 1. The molecule has 0 aliphatic carbocycles. The average Bonchev–Trinajstić information content (AvgIpc) is 3.82. The fourth-order valence-corrected chi connectivity index (χ4v) is 7.09. The van der Waals surface area contributed by atoms with Crippen LogP contribution in [0.1, 0.15) is 27.0 Å². The number of rotatable bonds is 9. The third-order valence-electron chi connectivity index (χ3n) is 9.13. The fraction of sp³-hybridized carbons (Fsp3) is 0.0476. The number of pyridine rings is 1. The van der Waals surface area contributed by atoms with E-state index in [9.17, 15) is 4.79 Å². The molecule has 50 heavy (non-hydrogen) atoms. The second-order valence-electron chi connectivity index (χ2n) is 12.0. The number of carbonyl (C=O) groups excluding carboxylic acids is 1. The van der Waals surface area contributed by atoms with Crippen LogP contribution in [0.15, 0.2) is 169 Å². The van der Waals surface area contributed by atoms with Crippen LogP contribution in [0.25, 0.3) is 39.2 Å². The summed E-state index contributed by atoms with van der Waals surface area (Å²) in [6.07, 6.45) is 7.49. The largest absolute Gasteiger partial charge is 0.366 e. The molecule has 0 spiro atoms. The summed E-state index contributed by atoms with van der Waals surface area (Å²) < 4.78 is 4.05. The molecule has 0 radical (unpaired) electrons. The van der Waals surface area contributed by atoms with Crippen LogP contribution in [-0.2, 0) is 5.54 Å². The van der Waals surface area contributed by atoms with Crippen LogP contribution in [0.5, 0.6) is 0 Å². The number of benzene rings is 5. The van der Waals surface area contributed by atoms with Crippen molar-refractivity contribution in [1.29, 1.82) is 0 Å². The molecule has 0 atom stereocenters. The zero-order chi connectivity index (χ0) is 34.1. The van der Waals surface area contributed by atoms with E-state index >= 15 is 0 Å². The molecule has 8 heteroatoms. The van der Waals surface area contributed by atoms with Crippen molar-refractivity contribution in [3.8, 4) is 28.2 Å². The Bertz CT molecular complexity index is 2320. The van der Waals surface area contributed by atoms with E-state index < -0.39 is 11.4 Å². The molecule has 0 saturated heterocycles. The molecule has 8 aromatic rings. The normalized spacial score (nSPS) is 11.5. The Kier molecular flexibility index (Phi) is 8.06. The van der Waals surface area contributed by atoms with Gasteiger partial charge in [-0.15, -0.1) is 11.8 Å². The van der Waals surface area contributed by atoms with E-state index in [0.717, 1.165) is 50.1 Å². The van der Waals surface area contributed by atoms with Gasteiger partial charge >= 0.3 is 0 Å². The summed E-state index contributed by atoms with van der Waals surface area (Å²) in [5, 5.41) is 5.52. The molecule has 0 aliphatic rings. The van der Waals surface area contributed by atoms with Crippen molar-refractivity contribution in [2.75, 3.05) is 6.26 Å². The van der Waals surface area contributed by atoms with Crippen LogP contribution in [0.2, 0.25) is 0 Å². The summed E-state index contributed by atoms with van der Waals surface area (Å²) in [6.45, 7) is 0. The van der Waals surface area contributed by atoms with Gasteiger partial charge in [-0.05, 0) is 64.9 Å². The Labute approximate surface area is 294 Å². The van der Waals surface area contributed by atoms with Crippen molar-refractivity contribution in [3.63, 3.8) is 0 Å². The number of nitrogens with two attached hydrogens (primary N) is 1. The maximum absolute atomic E-state index is 11.7. The van der Waals surface area contributed by atoms with Gasteiger partial charge in [0.05, 0.1) is 16.6 Å². The van der Waals surface area contributed by atoms with E-state index in [1.807, 2.05) is 28.8 Å². The maximum atomic E-state index is 11.7. The Hall–Kier alpha value is -6.25.